The normalized spacial score (nSPS) is 18.6. The van der Waals surface area contributed by atoms with Gasteiger partial charge in [-0.15, -0.1) is 11.8 Å². The van der Waals surface area contributed by atoms with Gasteiger partial charge in [0.1, 0.15) is 17.2 Å². The van der Waals surface area contributed by atoms with E-state index in [2.05, 4.69) is 130 Å². The van der Waals surface area contributed by atoms with E-state index in [0.29, 0.717) is 5.56 Å². The Morgan fingerprint density at radius 1 is 0.710 bits per heavy atom. The molecule has 2 fully saturated rings. The van der Waals surface area contributed by atoms with E-state index in [0.717, 1.165) is 90.5 Å². The highest BCUT2D eigenvalue weighted by Gasteiger charge is 2.55. The lowest BCUT2D eigenvalue weighted by Crippen LogP contribution is -2.44. The third kappa shape index (κ3) is 6.48. The number of fused-ring (bicyclic) bond motifs is 10. The Kier molecular flexibility index (Phi) is 9.77. The van der Waals surface area contributed by atoms with Crippen LogP contribution in [0.2, 0.25) is 0 Å². The summed E-state index contributed by atoms with van der Waals surface area (Å²) >= 11 is 1.79. The summed E-state index contributed by atoms with van der Waals surface area (Å²) in [6, 6.07) is 39.4. The Bertz CT molecular complexity index is 2730. The zero-order valence-electron chi connectivity index (χ0n) is 36.9. The average Bonchev–Trinajstić information content (AvgIpc) is 3.55. The number of thioether (sulfide) groups is 1. The second kappa shape index (κ2) is 15.0. The number of morpholine rings is 1. The summed E-state index contributed by atoms with van der Waals surface area (Å²) in [6.45, 7) is 13.0. The third-order valence-electron chi connectivity index (χ3n) is 13.9. The molecule has 10 rings (SSSR count). The van der Waals surface area contributed by atoms with Gasteiger partial charge in [0.2, 0.25) is 0 Å². The summed E-state index contributed by atoms with van der Waals surface area (Å²) < 4.78 is 24.8. The number of anilines is 1. The van der Waals surface area contributed by atoms with Crippen molar-refractivity contribution in [3.63, 3.8) is 0 Å². The van der Waals surface area contributed by atoms with Crippen LogP contribution in [-0.2, 0) is 15.8 Å². The number of rotatable bonds is 7. The van der Waals surface area contributed by atoms with Crippen molar-refractivity contribution in [2.75, 3.05) is 51.7 Å². The molecule has 6 aromatic carbocycles. The van der Waals surface area contributed by atoms with Gasteiger partial charge in [-0.1, -0.05) is 76.2 Å². The van der Waals surface area contributed by atoms with Crippen molar-refractivity contribution < 1.29 is 18.9 Å². The van der Waals surface area contributed by atoms with Gasteiger partial charge >= 0.3 is 0 Å². The molecule has 0 atom stereocenters. The fourth-order valence-corrected chi connectivity index (χ4v) is 12.6. The lowest BCUT2D eigenvalue weighted by atomic mass is 9.52. The zero-order chi connectivity index (χ0) is 43.0. The number of benzene rings is 6. The Labute approximate surface area is 370 Å². The van der Waals surface area contributed by atoms with Gasteiger partial charge in [0, 0.05) is 51.2 Å². The van der Waals surface area contributed by atoms with E-state index < -0.39 is 5.60 Å². The second-order valence-electron chi connectivity index (χ2n) is 19.2. The van der Waals surface area contributed by atoms with Gasteiger partial charge < -0.3 is 23.8 Å². The summed E-state index contributed by atoms with van der Waals surface area (Å²) in [6.07, 6.45) is 9.87. The maximum Gasteiger partial charge on any atom is 0.178 e. The molecule has 0 bridgehead atoms. The maximum absolute atomic E-state index is 10.4. The molecule has 6 aromatic rings. The minimum absolute atomic E-state index is 0.0436. The Morgan fingerprint density at radius 3 is 1.92 bits per heavy atom. The SMILES string of the molecule is COc1ccc(C2(c3ccc(OC)cc3)C=Cc3c4c(c5cc(SC)c(-c6ccc(N7CCOCC7)cc6)cc5c3O2)-c2ccc(C#N)cc2C42CC(C)(C)CC(C)(C)C2)cc1. The average molecular weight is 839 g/mol. The molecule has 62 heavy (non-hydrogen) atoms. The monoisotopic (exact) mass is 838 g/mol. The van der Waals surface area contributed by atoms with Crippen molar-refractivity contribution in [3.8, 4) is 45.6 Å². The molecule has 2 heterocycles. The van der Waals surface area contributed by atoms with Crippen molar-refractivity contribution in [1.29, 1.82) is 5.26 Å². The first kappa shape index (κ1) is 40.4. The molecule has 0 aromatic heterocycles. The summed E-state index contributed by atoms with van der Waals surface area (Å²) in [5.74, 6) is 2.45. The summed E-state index contributed by atoms with van der Waals surface area (Å²) in [7, 11) is 3.40. The van der Waals surface area contributed by atoms with Gasteiger partial charge in [-0.3, -0.25) is 0 Å². The van der Waals surface area contributed by atoms with Crippen LogP contribution in [-0.4, -0.2) is 46.8 Å². The molecule has 2 aliphatic heterocycles. The predicted molar refractivity (Wildman–Crippen MR) is 253 cm³/mol. The fourth-order valence-electron chi connectivity index (χ4n) is 12.0. The largest absolute Gasteiger partial charge is 0.497 e. The molecule has 314 valence electrons. The lowest BCUT2D eigenvalue weighted by molar-refractivity contribution is 0.0641. The highest BCUT2D eigenvalue weighted by molar-refractivity contribution is 7.98. The molecular weight excluding hydrogens is 785 g/mol. The van der Waals surface area contributed by atoms with Gasteiger partial charge in [0.15, 0.2) is 5.60 Å². The molecule has 6 nitrogen and oxygen atoms in total. The molecule has 0 amide bonds. The van der Waals surface area contributed by atoms with E-state index in [-0.39, 0.29) is 16.2 Å². The first-order valence-corrected chi connectivity index (χ1v) is 23.0. The molecule has 2 aliphatic carbocycles. The number of nitriles is 1. The molecule has 1 spiro atoms. The Balaban J connectivity index is 1.29. The molecule has 7 heteroatoms. The van der Waals surface area contributed by atoms with Crippen molar-refractivity contribution in [2.45, 2.75) is 62.9 Å². The summed E-state index contributed by atoms with van der Waals surface area (Å²) in [4.78, 5) is 3.61. The highest BCUT2D eigenvalue weighted by atomic mass is 32.2. The number of methoxy groups -OCH3 is 2. The number of hydrogen-bond acceptors (Lipinski definition) is 7. The van der Waals surface area contributed by atoms with Crippen molar-refractivity contribution >= 4 is 34.3 Å². The smallest absolute Gasteiger partial charge is 0.178 e. The number of ether oxygens (including phenoxy) is 4. The molecule has 1 saturated heterocycles. The van der Waals surface area contributed by atoms with Crippen LogP contribution >= 0.6 is 11.8 Å². The number of hydrogen-bond donors (Lipinski definition) is 0. The molecular formula is C55H54N2O4S. The van der Waals surface area contributed by atoms with Crippen LogP contribution in [0.15, 0.2) is 114 Å². The van der Waals surface area contributed by atoms with Crippen LogP contribution in [0.4, 0.5) is 5.69 Å². The minimum Gasteiger partial charge on any atom is -0.497 e. The molecule has 0 radical (unpaired) electrons. The standard InChI is InChI=1S/C55H54N2O4S/c1-52(2)32-53(3,4)34-54(33-52)47-28-35(31-56)8-21-42(47)49-45-30-48(62-7)44(36-9-15-39(16-10-36)57-24-26-60-27-25-57)29-46(45)51-43(50(49)54)22-23-55(61-51,37-11-17-40(58-5)18-12-37)38-13-19-41(59-6)20-14-38/h8-23,28-30H,24-27,32-34H2,1-7H3. The third-order valence-corrected chi connectivity index (χ3v) is 14.7. The lowest BCUT2D eigenvalue weighted by Gasteiger charge is -2.52. The Morgan fingerprint density at radius 2 is 1.34 bits per heavy atom. The van der Waals surface area contributed by atoms with Crippen LogP contribution in [0.25, 0.3) is 39.1 Å². The van der Waals surface area contributed by atoms with E-state index >= 15 is 0 Å². The van der Waals surface area contributed by atoms with Gasteiger partial charge in [-0.25, -0.2) is 0 Å². The first-order chi connectivity index (χ1) is 29.9. The van der Waals surface area contributed by atoms with Crippen LogP contribution in [0.3, 0.4) is 0 Å². The Hall–Kier alpha value is -5.68. The highest BCUT2D eigenvalue weighted by Crippen LogP contribution is 2.67. The number of nitrogens with zero attached hydrogens (tertiary/aromatic N) is 2. The van der Waals surface area contributed by atoms with E-state index in [1.165, 1.54) is 43.8 Å². The quantitative estimate of drug-likeness (QED) is 0.148. The van der Waals surface area contributed by atoms with Crippen molar-refractivity contribution in [1.82, 2.24) is 0 Å². The van der Waals surface area contributed by atoms with Crippen molar-refractivity contribution in [3.05, 3.63) is 143 Å². The summed E-state index contributed by atoms with van der Waals surface area (Å²) in [5.41, 5.74) is 11.2. The maximum atomic E-state index is 10.4. The van der Waals surface area contributed by atoms with Gasteiger partial charge in [0.25, 0.3) is 0 Å². The molecule has 4 aliphatic rings. The predicted octanol–water partition coefficient (Wildman–Crippen LogP) is 12.8. The molecule has 1 saturated carbocycles. The van der Waals surface area contributed by atoms with Crippen LogP contribution in [0.5, 0.6) is 17.2 Å². The van der Waals surface area contributed by atoms with E-state index in [1.54, 1.807) is 26.0 Å². The fraction of sp³-hybridized carbons (Fsp3) is 0.327. The topological polar surface area (TPSA) is 64.0 Å². The molecule has 0 N–H and O–H groups in total. The molecule has 0 unspecified atom stereocenters. The van der Waals surface area contributed by atoms with Crippen LogP contribution in [0, 0.1) is 22.2 Å². The van der Waals surface area contributed by atoms with Crippen LogP contribution in [0.1, 0.15) is 80.3 Å². The van der Waals surface area contributed by atoms with Gasteiger partial charge in [-0.05, 0) is 142 Å². The zero-order valence-corrected chi connectivity index (χ0v) is 37.7. The van der Waals surface area contributed by atoms with Crippen LogP contribution < -0.4 is 19.1 Å². The summed E-state index contributed by atoms with van der Waals surface area (Å²) in [5, 5.41) is 12.6. The van der Waals surface area contributed by atoms with E-state index in [9.17, 15) is 5.26 Å². The first-order valence-electron chi connectivity index (χ1n) is 21.8. The van der Waals surface area contributed by atoms with E-state index in [1.807, 2.05) is 30.3 Å². The van der Waals surface area contributed by atoms with Crippen molar-refractivity contribution in [2.24, 2.45) is 10.8 Å². The van der Waals surface area contributed by atoms with Gasteiger partial charge in [-0.2, -0.15) is 5.26 Å². The second-order valence-corrected chi connectivity index (χ2v) is 20.0. The van der Waals surface area contributed by atoms with E-state index in [4.69, 9.17) is 18.9 Å². The van der Waals surface area contributed by atoms with Gasteiger partial charge in [0.05, 0.1) is 39.1 Å². The minimum atomic E-state index is -0.970.